The van der Waals surface area contributed by atoms with Crippen LogP contribution in [0.4, 0.5) is 0 Å². The number of piperidine rings is 1. The number of hydrogen-bond acceptors (Lipinski definition) is 2. The van der Waals surface area contributed by atoms with Crippen molar-refractivity contribution < 1.29 is 4.74 Å². The van der Waals surface area contributed by atoms with E-state index in [0.717, 1.165) is 17.8 Å². The Morgan fingerprint density at radius 2 is 1.86 bits per heavy atom. The molecular formula is C19H31NO. The second kappa shape index (κ2) is 6.04. The number of likely N-dealkylation sites (tertiary alicyclic amines) is 1. The highest BCUT2D eigenvalue weighted by molar-refractivity contribution is 5.21. The van der Waals surface area contributed by atoms with Crippen molar-refractivity contribution in [2.45, 2.75) is 70.0 Å². The minimum atomic E-state index is 0.527. The Kier molecular flexibility index (Phi) is 4.10. The summed E-state index contributed by atoms with van der Waals surface area (Å²) in [6, 6.07) is 0. The topological polar surface area (TPSA) is 12.5 Å². The molecule has 118 valence electrons. The van der Waals surface area contributed by atoms with Crippen molar-refractivity contribution in [2.24, 2.45) is 17.8 Å². The van der Waals surface area contributed by atoms with Crippen LogP contribution in [0.1, 0.15) is 57.8 Å². The maximum absolute atomic E-state index is 6.78. The average molecular weight is 289 g/mol. The molecule has 0 radical (unpaired) electrons. The van der Waals surface area contributed by atoms with Crippen molar-refractivity contribution in [2.75, 3.05) is 20.1 Å². The average Bonchev–Trinajstić information content (AvgIpc) is 2.54. The smallest absolute Gasteiger partial charge is 0.0684 e. The Morgan fingerprint density at radius 3 is 2.76 bits per heavy atom. The molecule has 1 unspecified atom stereocenters. The molecule has 0 aromatic heterocycles. The summed E-state index contributed by atoms with van der Waals surface area (Å²) in [4.78, 5) is 2.52. The van der Waals surface area contributed by atoms with Gasteiger partial charge in [-0.25, -0.2) is 0 Å². The number of allylic oxidation sites excluding steroid dienone is 1. The van der Waals surface area contributed by atoms with Crippen molar-refractivity contribution in [3.8, 4) is 0 Å². The van der Waals surface area contributed by atoms with E-state index in [1.807, 2.05) is 5.57 Å². The fourth-order valence-electron chi connectivity index (χ4n) is 5.56. The van der Waals surface area contributed by atoms with Crippen molar-refractivity contribution >= 4 is 0 Å². The lowest BCUT2D eigenvalue weighted by atomic mass is 9.66. The molecule has 2 heteroatoms. The second-order valence-corrected chi connectivity index (χ2v) is 7.94. The zero-order valence-corrected chi connectivity index (χ0v) is 13.6. The van der Waals surface area contributed by atoms with Crippen molar-refractivity contribution in [1.82, 2.24) is 4.90 Å². The fraction of sp³-hybridized carbons (Fsp3) is 0.895. The summed E-state index contributed by atoms with van der Waals surface area (Å²) in [6.07, 6.45) is 16.1. The van der Waals surface area contributed by atoms with E-state index in [2.05, 4.69) is 18.0 Å². The minimum absolute atomic E-state index is 0.527. The first-order chi connectivity index (χ1) is 10.3. The van der Waals surface area contributed by atoms with E-state index in [0.29, 0.717) is 12.2 Å². The molecular weight excluding hydrogens is 258 g/mol. The lowest BCUT2D eigenvalue weighted by molar-refractivity contribution is -0.134. The normalized spacial score (nSPS) is 44.6. The van der Waals surface area contributed by atoms with Crippen molar-refractivity contribution in [1.29, 1.82) is 0 Å². The van der Waals surface area contributed by atoms with Crippen LogP contribution < -0.4 is 0 Å². The SMILES string of the molecule is CN1CCCC([C@H]2O[C@H]3CCCC[C@@H]3C3=CCCC[C@@H]32)C1. The monoisotopic (exact) mass is 289 g/mol. The predicted octanol–water partition coefficient (Wildman–Crippen LogP) is 4.01. The Labute approximate surface area is 129 Å². The molecule has 4 rings (SSSR count). The lowest BCUT2D eigenvalue weighted by Gasteiger charge is -2.51. The number of nitrogens with zero attached hydrogens (tertiary/aromatic N) is 1. The van der Waals surface area contributed by atoms with Crippen LogP contribution in [0.2, 0.25) is 0 Å². The molecule has 0 bridgehead atoms. The van der Waals surface area contributed by atoms with Gasteiger partial charge in [-0.15, -0.1) is 0 Å². The van der Waals surface area contributed by atoms with Crippen molar-refractivity contribution in [3.05, 3.63) is 11.6 Å². The van der Waals surface area contributed by atoms with Gasteiger partial charge in [-0.3, -0.25) is 0 Å². The van der Waals surface area contributed by atoms with Crippen LogP contribution in [0.3, 0.4) is 0 Å². The van der Waals surface area contributed by atoms with Gasteiger partial charge in [-0.2, -0.15) is 0 Å². The van der Waals surface area contributed by atoms with Crippen LogP contribution >= 0.6 is 0 Å². The molecule has 2 saturated heterocycles. The van der Waals surface area contributed by atoms with Gasteiger partial charge in [0.1, 0.15) is 0 Å². The molecule has 0 amide bonds. The molecule has 2 aliphatic heterocycles. The molecule has 1 saturated carbocycles. The Hall–Kier alpha value is -0.340. The van der Waals surface area contributed by atoms with Gasteiger partial charge in [0, 0.05) is 18.4 Å². The first-order valence-corrected chi connectivity index (χ1v) is 9.37. The summed E-state index contributed by atoms with van der Waals surface area (Å²) in [5.41, 5.74) is 1.83. The van der Waals surface area contributed by atoms with Crippen molar-refractivity contribution in [3.63, 3.8) is 0 Å². The van der Waals surface area contributed by atoms with Crippen LogP contribution in [0.15, 0.2) is 11.6 Å². The van der Waals surface area contributed by atoms with Crippen LogP contribution in [-0.4, -0.2) is 37.2 Å². The molecule has 2 nitrogen and oxygen atoms in total. The largest absolute Gasteiger partial charge is 0.373 e. The van der Waals surface area contributed by atoms with Gasteiger partial charge in [-0.05, 0) is 64.5 Å². The molecule has 4 aliphatic rings. The summed E-state index contributed by atoms with van der Waals surface area (Å²) < 4.78 is 6.78. The maximum Gasteiger partial charge on any atom is 0.0684 e. The first kappa shape index (κ1) is 14.3. The molecule has 3 fully saturated rings. The van der Waals surface area contributed by atoms with E-state index < -0.39 is 0 Å². The molecule has 21 heavy (non-hydrogen) atoms. The highest BCUT2D eigenvalue weighted by atomic mass is 16.5. The Bertz CT molecular complexity index is 404. The van der Waals surface area contributed by atoms with E-state index in [1.165, 1.54) is 70.9 Å². The van der Waals surface area contributed by atoms with Gasteiger partial charge < -0.3 is 9.64 Å². The summed E-state index contributed by atoms with van der Waals surface area (Å²) in [5.74, 6) is 2.31. The van der Waals surface area contributed by atoms with Gasteiger partial charge in [0.05, 0.1) is 12.2 Å². The third-order valence-electron chi connectivity index (χ3n) is 6.51. The summed E-state index contributed by atoms with van der Waals surface area (Å²) in [5, 5.41) is 0. The minimum Gasteiger partial charge on any atom is -0.373 e. The molecule has 0 aromatic rings. The lowest BCUT2D eigenvalue weighted by Crippen LogP contribution is -2.51. The molecule has 2 aliphatic carbocycles. The maximum atomic E-state index is 6.78. The summed E-state index contributed by atoms with van der Waals surface area (Å²) in [7, 11) is 2.29. The second-order valence-electron chi connectivity index (χ2n) is 7.94. The predicted molar refractivity (Wildman–Crippen MR) is 86.3 cm³/mol. The van der Waals surface area contributed by atoms with Gasteiger partial charge >= 0.3 is 0 Å². The van der Waals surface area contributed by atoms with E-state index in [1.54, 1.807) is 0 Å². The molecule has 0 aromatic carbocycles. The summed E-state index contributed by atoms with van der Waals surface area (Å²) in [6.45, 7) is 2.54. The highest BCUT2D eigenvalue weighted by Crippen LogP contribution is 2.48. The molecule has 0 spiro atoms. The van der Waals surface area contributed by atoms with E-state index in [4.69, 9.17) is 4.74 Å². The van der Waals surface area contributed by atoms with Gasteiger partial charge in [0.25, 0.3) is 0 Å². The zero-order valence-electron chi connectivity index (χ0n) is 13.6. The molecule has 2 heterocycles. The third kappa shape index (κ3) is 2.70. The number of fused-ring (bicyclic) bond motifs is 3. The number of rotatable bonds is 1. The third-order valence-corrected chi connectivity index (χ3v) is 6.51. The van der Waals surface area contributed by atoms with E-state index in [9.17, 15) is 0 Å². The standard InChI is InChI=1S/C19H31NO/c1-20-12-6-7-14(13-20)19-17-10-3-2-8-15(17)16-9-4-5-11-18(16)21-19/h8,14,16-19H,2-7,9-13H2,1H3/t14?,16-,17+,18+,19-/m1/s1. The summed E-state index contributed by atoms with van der Waals surface area (Å²) >= 11 is 0. The Balaban J connectivity index is 1.58. The quantitative estimate of drug-likeness (QED) is 0.676. The number of hydrogen-bond donors (Lipinski definition) is 0. The Morgan fingerprint density at radius 1 is 1.00 bits per heavy atom. The highest BCUT2D eigenvalue weighted by Gasteiger charge is 2.45. The van der Waals surface area contributed by atoms with Crippen LogP contribution in [-0.2, 0) is 4.74 Å². The van der Waals surface area contributed by atoms with E-state index >= 15 is 0 Å². The molecule has 0 N–H and O–H groups in total. The van der Waals surface area contributed by atoms with Crippen LogP contribution in [0.25, 0.3) is 0 Å². The van der Waals surface area contributed by atoms with Crippen LogP contribution in [0, 0.1) is 17.8 Å². The molecule has 5 atom stereocenters. The van der Waals surface area contributed by atoms with Gasteiger partial charge in [0.2, 0.25) is 0 Å². The zero-order chi connectivity index (χ0) is 14.2. The van der Waals surface area contributed by atoms with Crippen LogP contribution in [0.5, 0.6) is 0 Å². The van der Waals surface area contributed by atoms with Gasteiger partial charge in [-0.1, -0.05) is 24.5 Å². The first-order valence-electron chi connectivity index (χ1n) is 9.37. The van der Waals surface area contributed by atoms with E-state index in [-0.39, 0.29) is 0 Å². The van der Waals surface area contributed by atoms with Gasteiger partial charge in [0.15, 0.2) is 0 Å². The number of ether oxygens (including phenoxy) is 1. The fourth-order valence-corrected chi connectivity index (χ4v) is 5.56.